The number of aliphatic hydroxyl groups is 1. The van der Waals surface area contributed by atoms with Gasteiger partial charge in [-0.15, -0.1) is 10.2 Å². The Labute approximate surface area is 204 Å². The molecule has 2 aromatic heterocycles. The first-order chi connectivity index (χ1) is 17.1. The first kappa shape index (κ1) is 23.2. The van der Waals surface area contributed by atoms with E-state index < -0.39 is 0 Å². The smallest absolute Gasteiger partial charge is 0.251 e. The molecule has 35 heavy (non-hydrogen) atoms. The van der Waals surface area contributed by atoms with Gasteiger partial charge in [-0.05, 0) is 56.0 Å². The summed E-state index contributed by atoms with van der Waals surface area (Å²) in [6.45, 7) is 1.70. The van der Waals surface area contributed by atoms with Crippen LogP contribution in [0.1, 0.15) is 65.5 Å². The third kappa shape index (κ3) is 5.27. The highest BCUT2D eigenvalue weighted by atomic mass is 16.3. The summed E-state index contributed by atoms with van der Waals surface area (Å²) in [5, 5.41) is 25.0. The van der Waals surface area contributed by atoms with Crippen molar-refractivity contribution >= 4 is 17.8 Å². The van der Waals surface area contributed by atoms with E-state index >= 15 is 0 Å². The molecule has 3 aromatic rings. The fourth-order valence-corrected chi connectivity index (χ4v) is 4.68. The number of amides is 1. The molecule has 5 rings (SSSR count). The normalized spacial score (nSPS) is 18.4. The van der Waals surface area contributed by atoms with Crippen LogP contribution in [0.25, 0.3) is 0 Å². The summed E-state index contributed by atoms with van der Waals surface area (Å²) in [4.78, 5) is 21.9. The number of nitrogens with zero attached hydrogens (tertiary/aromatic N) is 6. The van der Waals surface area contributed by atoms with E-state index in [0.717, 1.165) is 55.4 Å². The van der Waals surface area contributed by atoms with Gasteiger partial charge in [0.05, 0.1) is 19.2 Å². The molecule has 1 unspecified atom stereocenters. The average Bonchev–Trinajstić information content (AvgIpc) is 3.52. The fraction of sp³-hybridized carbons (Fsp3) is 0.480. The minimum Gasteiger partial charge on any atom is -0.395 e. The molecule has 0 spiro atoms. The highest BCUT2D eigenvalue weighted by molar-refractivity contribution is 5.95. The van der Waals surface area contributed by atoms with Gasteiger partial charge in [-0.3, -0.25) is 9.79 Å². The summed E-state index contributed by atoms with van der Waals surface area (Å²) in [5.41, 5.74) is 1.41. The van der Waals surface area contributed by atoms with Gasteiger partial charge in [-0.2, -0.15) is 0 Å². The lowest BCUT2D eigenvalue weighted by molar-refractivity contribution is 0.0929. The summed E-state index contributed by atoms with van der Waals surface area (Å²) < 4.78 is 3.97. The molecule has 0 saturated heterocycles. The van der Waals surface area contributed by atoms with Crippen molar-refractivity contribution in [2.24, 2.45) is 18.0 Å². The maximum absolute atomic E-state index is 13.1. The van der Waals surface area contributed by atoms with Crippen molar-refractivity contribution in [2.75, 3.05) is 18.5 Å². The Morgan fingerprint density at radius 1 is 1.26 bits per heavy atom. The topological polar surface area (TPSA) is 122 Å². The van der Waals surface area contributed by atoms with Crippen LogP contribution in [0.5, 0.6) is 0 Å². The SMILES string of the molecule is Cn1ccnc1[C@H](NC(=O)c1cccc(NCc2nnc(C3CC=NCC3)n2CCO)c1)C1CC1. The number of anilines is 1. The van der Waals surface area contributed by atoms with Crippen molar-refractivity contribution in [1.82, 2.24) is 29.6 Å². The lowest BCUT2D eigenvalue weighted by Crippen LogP contribution is -2.31. The van der Waals surface area contributed by atoms with Gasteiger partial charge in [0.15, 0.2) is 5.82 Å². The second-order valence-electron chi connectivity index (χ2n) is 9.28. The number of hydrogen-bond acceptors (Lipinski definition) is 7. The Hall–Kier alpha value is -3.53. The molecular weight excluding hydrogens is 444 g/mol. The molecule has 10 heteroatoms. The number of aliphatic hydroxyl groups excluding tert-OH is 1. The number of benzene rings is 1. The number of aromatic nitrogens is 5. The van der Waals surface area contributed by atoms with Crippen molar-refractivity contribution in [3.8, 4) is 0 Å². The molecule has 1 saturated carbocycles. The number of carbonyl (C=O) groups excluding carboxylic acids is 1. The number of carbonyl (C=O) groups is 1. The lowest BCUT2D eigenvalue weighted by Gasteiger charge is -2.19. The summed E-state index contributed by atoms with van der Waals surface area (Å²) in [7, 11) is 1.96. The first-order valence-corrected chi connectivity index (χ1v) is 12.3. The Kier molecular flexibility index (Phi) is 6.89. The third-order valence-electron chi connectivity index (χ3n) is 6.76. The standard InChI is InChI=1S/C25H32N8O2/c1-32-12-11-27-24(32)22(17-5-6-17)29-25(35)19-3-2-4-20(15-19)28-16-21-30-31-23(33(21)13-14-34)18-7-9-26-10-8-18/h2-4,9,11-12,15,17-18,22,28,34H,5-8,10,13-14,16H2,1H3,(H,29,35)/t18?,22-/m1/s1. The quantitative estimate of drug-likeness (QED) is 0.413. The highest BCUT2D eigenvalue weighted by Gasteiger charge is 2.35. The minimum atomic E-state index is -0.113. The van der Waals surface area contributed by atoms with Gasteiger partial charge >= 0.3 is 0 Å². The summed E-state index contributed by atoms with van der Waals surface area (Å²) in [6, 6.07) is 7.39. The molecule has 1 amide bonds. The predicted octanol–water partition coefficient (Wildman–Crippen LogP) is 2.45. The summed E-state index contributed by atoms with van der Waals surface area (Å²) in [5.74, 6) is 3.14. The minimum absolute atomic E-state index is 0.0205. The number of hydrogen-bond donors (Lipinski definition) is 3. The third-order valence-corrected chi connectivity index (χ3v) is 6.76. The van der Waals surface area contributed by atoms with Crippen LogP contribution in [0.2, 0.25) is 0 Å². The van der Waals surface area contributed by atoms with Gasteiger partial charge in [0, 0.05) is 49.7 Å². The lowest BCUT2D eigenvalue weighted by atomic mass is 9.99. The first-order valence-electron chi connectivity index (χ1n) is 12.3. The van der Waals surface area contributed by atoms with Crippen molar-refractivity contribution in [3.63, 3.8) is 0 Å². The van der Waals surface area contributed by atoms with Crippen molar-refractivity contribution < 1.29 is 9.90 Å². The summed E-state index contributed by atoms with van der Waals surface area (Å²) in [6.07, 6.45) is 9.60. The molecular formula is C25H32N8O2. The second-order valence-corrected chi connectivity index (χ2v) is 9.28. The van der Waals surface area contributed by atoms with E-state index in [0.29, 0.717) is 24.6 Å². The van der Waals surface area contributed by atoms with Crippen LogP contribution in [0.4, 0.5) is 5.69 Å². The van der Waals surface area contributed by atoms with E-state index in [1.807, 2.05) is 52.9 Å². The van der Waals surface area contributed by atoms with Gasteiger partial charge in [0.1, 0.15) is 11.6 Å². The Bertz CT molecular complexity index is 1200. The maximum Gasteiger partial charge on any atom is 0.251 e. The van der Waals surface area contributed by atoms with Crippen molar-refractivity contribution in [3.05, 3.63) is 59.7 Å². The Morgan fingerprint density at radius 2 is 2.14 bits per heavy atom. The molecule has 10 nitrogen and oxygen atoms in total. The molecule has 1 fully saturated rings. The van der Waals surface area contributed by atoms with Gasteiger partial charge in [-0.25, -0.2) is 4.98 Å². The van der Waals surface area contributed by atoms with Crippen molar-refractivity contribution in [1.29, 1.82) is 0 Å². The Balaban J connectivity index is 1.27. The average molecular weight is 477 g/mol. The fourth-order valence-electron chi connectivity index (χ4n) is 4.68. The van der Waals surface area contributed by atoms with E-state index in [1.54, 1.807) is 6.20 Å². The van der Waals surface area contributed by atoms with Crippen LogP contribution in [0.3, 0.4) is 0 Å². The zero-order valence-electron chi connectivity index (χ0n) is 20.0. The van der Waals surface area contributed by atoms with Crippen LogP contribution in [0.15, 0.2) is 41.7 Å². The molecule has 2 aliphatic rings. The predicted molar refractivity (Wildman–Crippen MR) is 132 cm³/mol. The molecule has 0 bridgehead atoms. The van der Waals surface area contributed by atoms with E-state index in [1.165, 1.54) is 0 Å². The van der Waals surface area contributed by atoms with Gasteiger partial charge in [0.2, 0.25) is 0 Å². The maximum atomic E-state index is 13.1. The largest absolute Gasteiger partial charge is 0.395 e. The van der Waals surface area contributed by atoms with Crippen LogP contribution >= 0.6 is 0 Å². The van der Waals surface area contributed by atoms with Crippen LogP contribution in [-0.2, 0) is 20.1 Å². The van der Waals surface area contributed by atoms with Gasteiger partial charge < -0.3 is 24.9 Å². The Morgan fingerprint density at radius 3 is 2.86 bits per heavy atom. The van der Waals surface area contributed by atoms with E-state index in [9.17, 15) is 9.90 Å². The number of nitrogens with one attached hydrogen (secondary N) is 2. The van der Waals surface area contributed by atoms with E-state index in [4.69, 9.17) is 0 Å². The van der Waals surface area contributed by atoms with E-state index in [-0.39, 0.29) is 24.5 Å². The zero-order valence-corrected chi connectivity index (χ0v) is 20.0. The van der Waals surface area contributed by atoms with Gasteiger partial charge in [0.25, 0.3) is 5.91 Å². The van der Waals surface area contributed by atoms with Gasteiger partial charge in [-0.1, -0.05) is 6.07 Å². The summed E-state index contributed by atoms with van der Waals surface area (Å²) >= 11 is 0. The monoisotopic (exact) mass is 476 g/mol. The molecule has 0 radical (unpaired) electrons. The highest BCUT2D eigenvalue weighted by Crippen LogP contribution is 2.40. The second kappa shape index (κ2) is 10.4. The number of rotatable bonds is 10. The molecule has 1 aliphatic carbocycles. The number of aryl methyl sites for hydroxylation is 1. The molecule has 3 heterocycles. The zero-order chi connectivity index (χ0) is 24.2. The molecule has 1 aliphatic heterocycles. The molecule has 1 aromatic carbocycles. The molecule has 184 valence electrons. The van der Waals surface area contributed by atoms with Crippen molar-refractivity contribution in [2.45, 2.75) is 50.7 Å². The number of aliphatic imine (C=N–C) groups is 1. The van der Waals surface area contributed by atoms with E-state index in [2.05, 4.69) is 30.8 Å². The molecule has 2 atom stereocenters. The molecule has 3 N–H and O–H groups in total. The number of imidazole rings is 1. The van der Waals surface area contributed by atoms with Crippen LogP contribution in [-0.4, -0.2) is 54.7 Å². The van der Waals surface area contributed by atoms with Crippen LogP contribution in [0, 0.1) is 5.92 Å². The van der Waals surface area contributed by atoms with Crippen LogP contribution < -0.4 is 10.6 Å².